The highest BCUT2D eigenvalue weighted by molar-refractivity contribution is 5.34. The van der Waals surface area contributed by atoms with Crippen LogP contribution >= 0.6 is 0 Å². The summed E-state index contributed by atoms with van der Waals surface area (Å²) in [6.45, 7) is 5.76. The first-order valence-electron chi connectivity index (χ1n) is 4.96. The van der Waals surface area contributed by atoms with Crippen molar-refractivity contribution in [2.24, 2.45) is 5.73 Å². The Bertz CT molecular complexity index is 468. The Morgan fingerprint density at radius 3 is 2.33 bits per heavy atom. The molecular formula is C12H15NO2. The largest absolute Gasteiger partial charge is 0.469 e. The first-order valence-corrected chi connectivity index (χ1v) is 4.96. The Labute approximate surface area is 88.9 Å². The Morgan fingerprint density at radius 2 is 1.87 bits per heavy atom. The number of hydrogen-bond acceptors (Lipinski definition) is 3. The van der Waals surface area contributed by atoms with Gasteiger partial charge in [-0.2, -0.15) is 0 Å². The number of aryl methyl sites for hydroxylation is 3. The van der Waals surface area contributed by atoms with Crippen LogP contribution in [0, 0.1) is 20.8 Å². The van der Waals surface area contributed by atoms with Gasteiger partial charge in [0.15, 0.2) is 0 Å². The van der Waals surface area contributed by atoms with E-state index < -0.39 is 0 Å². The highest BCUT2D eigenvalue weighted by Crippen LogP contribution is 2.27. The van der Waals surface area contributed by atoms with Crippen LogP contribution in [-0.4, -0.2) is 0 Å². The Kier molecular flexibility index (Phi) is 2.40. The summed E-state index contributed by atoms with van der Waals surface area (Å²) in [4.78, 5) is 0. The Morgan fingerprint density at radius 1 is 1.13 bits per heavy atom. The third-order valence-electron chi connectivity index (χ3n) is 2.65. The van der Waals surface area contributed by atoms with Crippen LogP contribution in [0.5, 0.6) is 0 Å². The summed E-state index contributed by atoms with van der Waals surface area (Å²) in [7, 11) is 0. The molecule has 2 aromatic heterocycles. The maximum atomic E-state index is 6.16. The minimum absolute atomic E-state index is 0.166. The molecule has 2 aromatic rings. The second-order valence-corrected chi connectivity index (χ2v) is 3.78. The van der Waals surface area contributed by atoms with E-state index in [9.17, 15) is 0 Å². The van der Waals surface area contributed by atoms with Gasteiger partial charge in [-0.1, -0.05) is 0 Å². The minimum Gasteiger partial charge on any atom is -0.469 e. The lowest BCUT2D eigenvalue weighted by Crippen LogP contribution is -2.12. The van der Waals surface area contributed by atoms with Crippen molar-refractivity contribution >= 4 is 0 Å². The second-order valence-electron chi connectivity index (χ2n) is 3.78. The second kappa shape index (κ2) is 3.59. The molecule has 2 heterocycles. The van der Waals surface area contributed by atoms with E-state index >= 15 is 0 Å². The van der Waals surface area contributed by atoms with Crippen molar-refractivity contribution in [2.75, 3.05) is 0 Å². The third-order valence-corrected chi connectivity index (χ3v) is 2.65. The Balaban J connectivity index is 2.40. The fourth-order valence-corrected chi connectivity index (χ4v) is 1.84. The number of rotatable bonds is 2. The molecule has 3 heteroatoms. The predicted molar refractivity (Wildman–Crippen MR) is 57.7 cm³/mol. The molecule has 2 rings (SSSR count). The average molecular weight is 205 g/mol. The zero-order valence-electron chi connectivity index (χ0n) is 9.20. The maximum absolute atomic E-state index is 6.16. The molecule has 15 heavy (non-hydrogen) atoms. The molecule has 0 saturated heterocycles. The van der Waals surface area contributed by atoms with Crippen molar-refractivity contribution in [1.82, 2.24) is 0 Å². The molecule has 0 saturated carbocycles. The standard InChI is InChI=1S/C12H15NO2/c1-7-6-11(9(3)15-7)12(13)10-4-5-14-8(10)2/h4-6,12H,13H2,1-3H3. The molecule has 0 radical (unpaired) electrons. The van der Waals surface area contributed by atoms with E-state index in [2.05, 4.69) is 0 Å². The molecule has 0 aliphatic rings. The molecule has 0 aliphatic carbocycles. The van der Waals surface area contributed by atoms with Crippen molar-refractivity contribution in [3.8, 4) is 0 Å². The van der Waals surface area contributed by atoms with Gasteiger partial charge in [-0.25, -0.2) is 0 Å². The van der Waals surface area contributed by atoms with E-state index in [0.29, 0.717) is 0 Å². The van der Waals surface area contributed by atoms with Gasteiger partial charge in [0.05, 0.1) is 12.3 Å². The number of furan rings is 2. The van der Waals surface area contributed by atoms with Crippen LogP contribution < -0.4 is 5.73 Å². The fourth-order valence-electron chi connectivity index (χ4n) is 1.84. The average Bonchev–Trinajstić information content (AvgIpc) is 2.71. The van der Waals surface area contributed by atoms with Crippen LogP contribution in [0.3, 0.4) is 0 Å². The SMILES string of the molecule is Cc1cc(C(N)c2ccoc2C)c(C)o1. The van der Waals surface area contributed by atoms with Gasteiger partial charge in [-0.3, -0.25) is 0 Å². The highest BCUT2D eigenvalue weighted by atomic mass is 16.3. The van der Waals surface area contributed by atoms with E-state index in [1.54, 1.807) is 6.26 Å². The maximum Gasteiger partial charge on any atom is 0.106 e. The van der Waals surface area contributed by atoms with Gasteiger partial charge in [0.25, 0.3) is 0 Å². The van der Waals surface area contributed by atoms with Crippen molar-refractivity contribution in [3.63, 3.8) is 0 Å². The van der Waals surface area contributed by atoms with E-state index in [0.717, 1.165) is 28.4 Å². The van der Waals surface area contributed by atoms with Gasteiger partial charge in [-0.15, -0.1) is 0 Å². The molecular weight excluding hydrogens is 190 g/mol. The van der Waals surface area contributed by atoms with Crippen molar-refractivity contribution in [2.45, 2.75) is 26.8 Å². The van der Waals surface area contributed by atoms with Gasteiger partial charge in [0.1, 0.15) is 17.3 Å². The quantitative estimate of drug-likeness (QED) is 0.820. The van der Waals surface area contributed by atoms with Gasteiger partial charge in [0.2, 0.25) is 0 Å². The molecule has 0 aliphatic heterocycles. The first kappa shape index (κ1) is 10.1. The summed E-state index contributed by atoms with van der Waals surface area (Å²) in [5.74, 6) is 2.63. The summed E-state index contributed by atoms with van der Waals surface area (Å²) in [5.41, 5.74) is 8.19. The number of hydrogen-bond donors (Lipinski definition) is 1. The first-order chi connectivity index (χ1) is 7.09. The molecule has 1 unspecified atom stereocenters. The van der Waals surface area contributed by atoms with Crippen LogP contribution in [0.4, 0.5) is 0 Å². The van der Waals surface area contributed by atoms with Crippen molar-refractivity contribution in [1.29, 1.82) is 0 Å². The normalized spacial score (nSPS) is 13.1. The van der Waals surface area contributed by atoms with Crippen LogP contribution in [0.2, 0.25) is 0 Å². The summed E-state index contributed by atoms with van der Waals surface area (Å²) in [5, 5.41) is 0. The predicted octanol–water partition coefficient (Wildman–Crippen LogP) is 2.85. The van der Waals surface area contributed by atoms with Crippen LogP contribution in [0.15, 0.2) is 27.2 Å². The molecule has 3 nitrogen and oxygen atoms in total. The zero-order valence-corrected chi connectivity index (χ0v) is 9.20. The molecule has 0 aromatic carbocycles. The molecule has 0 bridgehead atoms. The van der Waals surface area contributed by atoms with Gasteiger partial charge in [0, 0.05) is 11.1 Å². The zero-order chi connectivity index (χ0) is 11.0. The van der Waals surface area contributed by atoms with Crippen LogP contribution in [0.25, 0.3) is 0 Å². The lowest BCUT2D eigenvalue weighted by atomic mass is 10.0. The molecule has 0 fully saturated rings. The van der Waals surface area contributed by atoms with E-state index in [-0.39, 0.29) is 6.04 Å². The summed E-state index contributed by atoms with van der Waals surface area (Å²) >= 11 is 0. The monoisotopic (exact) mass is 205 g/mol. The molecule has 1 atom stereocenters. The van der Waals surface area contributed by atoms with Crippen LogP contribution in [0.1, 0.15) is 34.4 Å². The van der Waals surface area contributed by atoms with Gasteiger partial charge < -0.3 is 14.6 Å². The Hall–Kier alpha value is -1.48. The summed E-state index contributed by atoms with van der Waals surface area (Å²) in [6.07, 6.45) is 1.66. The van der Waals surface area contributed by atoms with E-state index in [1.807, 2.05) is 32.9 Å². The fraction of sp³-hybridized carbons (Fsp3) is 0.333. The highest BCUT2D eigenvalue weighted by Gasteiger charge is 2.18. The van der Waals surface area contributed by atoms with Gasteiger partial charge >= 0.3 is 0 Å². The molecule has 2 N–H and O–H groups in total. The van der Waals surface area contributed by atoms with E-state index in [1.165, 1.54) is 0 Å². The smallest absolute Gasteiger partial charge is 0.106 e. The lowest BCUT2D eigenvalue weighted by Gasteiger charge is -2.09. The van der Waals surface area contributed by atoms with Crippen molar-refractivity contribution < 1.29 is 8.83 Å². The van der Waals surface area contributed by atoms with Crippen molar-refractivity contribution in [3.05, 3.63) is 46.8 Å². The molecule has 0 spiro atoms. The lowest BCUT2D eigenvalue weighted by molar-refractivity contribution is 0.498. The minimum atomic E-state index is -0.166. The molecule has 80 valence electrons. The molecule has 0 amide bonds. The third kappa shape index (κ3) is 1.70. The van der Waals surface area contributed by atoms with Gasteiger partial charge in [-0.05, 0) is 32.9 Å². The van der Waals surface area contributed by atoms with Crippen LogP contribution in [-0.2, 0) is 0 Å². The number of nitrogens with two attached hydrogens (primary N) is 1. The van der Waals surface area contributed by atoms with E-state index in [4.69, 9.17) is 14.6 Å². The summed E-state index contributed by atoms with van der Waals surface area (Å²) < 4.78 is 10.7. The topological polar surface area (TPSA) is 52.3 Å². The summed E-state index contributed by atoms with van der Waals surface area (Å²) in [6, 6.07) is 3.72.